The molecule has 94 valence electrons. The van der Waals surface area contributed by atoms with E-state index in [4.69, 9.17) is 17.3 Å². The molecule has 0 spiro atoms. The van der Waals surface area contributed by atoms with Crippen LogP contribution in [0.25, 0.3) is 16.8 Å². The summed E-state index contributed by atoms with van der Waals surface area (Å²) in [5.41, 5.74) is 9.29. The second-order valence-corrected chi connectivity index (χ2v) is 4.53. The van der Waals surface area contributed by atoms with Gasteiger partial charge in [0.15, 0.2) is 0 Å². The quantitative estimate of drug-likeness (QED) is 0.728. The minimum absolute atomic E-state index is 0.564. The van der Waals surface area contributed by atoms with Crippen LogP contribution in [-0.2, 0) is 0 Å². The van der Waals surface area contributed by atoms with Crippen LogP contribution in [0.15, 0.2) is 55.1 Å². The van der Waals surface area contributed by atoms with Crippen molar-refractivity contribution in [2.24, 2.45) is 0 Å². The van der Waals surface area contributed by atoms with E-state index >= 15 is 0 Å². The van der Waals surface area contributed by atoms with Crippen LogP contribution in [0, 0.1) is 0 Å². The normalized spacial score (nSPS) is 10.6. The summed E-state index contributed by atoms with van der Waals surface area (Å²) in [5, 5.41) is 4.88. The van der Waals surface area contributed by atoms with Crippen molar-refractivity contribution >= 4 is 17.3 Å². The first-order valence-corrected chi connectivity index (χ1v) is 6.12. The fourth-order valence-electron chi connectivity index (χ4n) is 1.83. The molecule has 0 aliphatic heterocycles. The van der Waals surface area contributed by atoms with Gasteiger partial charge in [0.1, 0.15) is 0 Å². The molecule has 0 fully saturated rings. The number of hydrogen-bond acceptors (Lipinski definition) is 3. The number of pyridine rings is 1. The molecule has 19 heavy (non-hydrogen) atoms. The lowest BCUT2D eigenvalue weighted by atomic mass is 10.1. The number of rotatable bonds is 2. The van der Waals surface area contributed by atoms with E-state index in [2.05, 4.69) is 10.1 Å². The Morgan fingerprint density at radius 3 is 2.53 bits per heavy atom. The second-order valence-electron chi connectivity index (χ2n) is 4.12. The minimum atomic E-state index is 0.564. The Balaban J connectivity index is 2.00. The zero-order valence-corrected chi connectivity index (χ0v) is 10.7. The Morgan fingerprint density at radius 1 is 1.00 bits per heavy atom. The Bertz CT molecular complexity index is 703. The summed E-state index contributed by atoms with van der Waals surface area (Å²) in [6, 6.07) is 9.48. The topological polar surface area (TPSA) is 56.7 Å². The lowest BCUT2D eigenvalue weighted by Gasteiger charge is -2.02. The highest BCUT2D eigenvalue weighted by Crippen LogP contribution is 2.23. The molecule has 0 unspecified atom stereocenters. The van der Waals surface area contributed by atoms with Gasteiger partial charge in [-0.1, -0.05) is 23.7 Å². The molecule has 0 aliphatic rings. The van der Waals surface area contributed by atoms with Gasteiger partial charge in [0.2, 0.25) is 0 Å². The molecule has 4 nitrogen and oxygen atoms in total. The van der Waals surface area contributed by atoms with Crippen molar-refractivity contribution in [1.29, 1.82) is 0 Å². The summed E-state index contributed by atoms with van der Waals surface area (Å²) in [6.45, 7) is 0. The highest BCUT2D eigenvalue weighted by molar-refractivity contribution is 6.32. The number of halogens is 1. The van der Waals surface area contributed by atoms with Crippen molar-refractivity contribution in [1.82, 2.24) is 14.8 Å². The van der Waals surface area contributed by atoms with Crippen LogP contribution in [0.4, 0.5) is 5.69 Å². The standard InChI is InChI=1S/C14H11ClN4/c15-13-8-17-6-5-14(13)19-9-11(7-18-19)10-1-3-12(16)4-2-10/h1-9H,16H2. The van der Waals surface area contributed by atoms with Crippen LogP contribution in [0.1, 0.15) is 0 Å². The molecule has 2 N–H and O–H groups in total. The molecule has 3 rings (SSSR count). The molecular weight excluding hydrogens is 260 g/mol. The van der Waals surface area contributed by atoms with E-state index in [1.165, 1.54) is 0 Å². The molecule has 0 saturated carbocycles. The van der Waals surface area contributed by atoms with Crippen molar-refractivity contribution in [2.45, 2.75) is 0 Å². The predicted molar refractivity (Wildman–Crippen MR) is 76.2 cm³/mol. The summed E-state index contributed by atoms with van der Waals surface area (Å²) in [5.74, 6) is 0. The highest BCUT2D eigenvalue weighted by Gasteiger charge is 2.06. The average molecular weight is 271 g/mol. The van der Waals surface area contributed by atoms with E-state index in [-0.39, 0.29) is 0 Å². The van der Waals surface area contributed by atoms with Crippen molar-refractivity contribution in [2.75, 3.05) is 5.73 Å². The monoisotopic (exact) mass is 270 g/mol. The van der Waals surface area contributed by atoms with Gasteiger partial charge in [-0.05, 0) is 23.8 Å². The molecule has 0 aliphatic carbocycles. The number of aromatic nitrogens is 3. The summed E-state index contributed by atoms with van der Waals surface area (Å²) in [4.78, 5) is 3.96. The molecule has 5 heteroatoms. The second kappa shape index (κ2) is 4.74. The fraction of sp³-hybridized carbons (Fsp3) is 0. The Hall–Kier alpha value is -2.33. The third-order valence-corrected chi connectivity index (χ3v) is 3.12. The van der Waals surface area contributed by atoms with Crippen molar-refractivity contribution in [3.05, 3.63) is 60.1 Å². The van der Waals surface area contributed by atoms with Gasteiger partial charge in [-0.3, -0.25) is 4.98 Å². The first kappa shape index (κ1) is 11.7. The zero-order valence-electron chi connectivity index (χ0n) is 9.99. The van der Waals surface area contributed by atoms with Gasteiger partial charge in [-0.25, -0.2) is 4.68 Å². The van der Waals surface area contributed by atoms with Crippen LogP contribution >= 0.6 is 11.6 Å². The fourth-order valence-corrected chi connectivity index (χ4v) is 2.04. The Labute approximate surface area is 115 Å². The summed E-state index contributed by atoms with van der Waals surface area (Å²) >= 11 is 6.09. The molecule has 0 atom stereocenters. The predicted octanol–water partition coefficient (Wildman–Crippen LogP) is 3.17. The van der Waals surface area contributed by atoms with E-state index in [1.807, 2.05) is 36.5 Å². The minimum Gasteiger partial charge on any atom is -0.399 e. The van der Waals surface area contributed by atoms with Crippen LogP contribution in [0.3, 0.4) is 0 Å². The van der Waals surface area contributed by atoms with E-state index in [0.717, 1.165) is 22.5 Å². The maximum atomic E-state index is 6.09. The van der Waals surface area contributed by atoms with E-state index in [0.29, 0.717) is 5.02 Å². The Kier molecular flexibility index (Phi) is 2.93. The van der Waals surface area contributed by atoms with Crippen LogP contribution < -0.4 is 5.73 Å². The third-order valence-electron chi connectivity index (χ3n) is 2.82. The number of hydrogen-bond donors (Lipinski definition) is 1. The van der Waals surface area contributed by atoms with Crippen LogP contribution in [0.2, 0.25) is 5.02 Å². The van der Waals surface area contributed by atoms with Crippen molar-refractivity contribution in [3.63, 3.8) is 0 Å². The average Bonchev–Trinajstić information content (AvgIpc) is 2.89. The number of nitrogens with two attached hydrogens (primary N) is 1. The molecule has 0 saturated heterocycles. The molecule has 0 amide bonds. The van der Waals surface area contributed by atoms with E-state index in [1.54, 1.807) is 23.3 Å². The van der Waals surface area contributed by atoms with Gasteiger partial charge in [0, 0.05) is 29.8 Å². The molecule has 3 aromatic rings. The number of benzene rings is 1. The van der Waals surface area contributed by atoms with Crippen LogP contribution in [-0.4, -0.2) is 14.8 Å². The summed E-state index contributed by atoms with van der Waals surface area (Å²) in [6.07, 6.45) is 7.00. The lowest BCUT2D eigenvalue weighted by molar-refractivity contribution is 0.878. The largest absolute Gasteiger partial charge is 0.399 e. The van der Waals surface area contributed by atoms with Crippen molar-refractivity contribution in [3.8, 4) is 16.8 Å². The number of nitrogen functional groups attached to an aromatic ring is 1. The van der Waals surface area contributed by atoms with E-state index in [9.17, 15) is 0 Å². The SMILES string of the molecule is Nc1ccc(-c2cnn(-c3ccncc3Cl)c2)cc1. The van der Waals surface area contributed by atoms with Gasteiger partial charge < -0.3 is 5.73 Å². The number of anilines is 1. The molecule has 2 aromatic heterocycles. The third kappa shape index (κ3) is 2.30. The first-order valence-electron chi connectivity index (χ1n) is 5.74. The molecule has 0 bridgehead atoms. The van der Waals surface area contributed by atoms with E-state index < -0.39 is 0 Å². The van der Waals surface area contributed by atoms with Crippen LogP contribution in [0.5, 0.6) is 0 Å². The van der Waals surface area contributed by atoms with Gasteiger partial charge in [-0.15, -0.1) is 0 Å². The highest BCUT2D eigenvalue weighted by atomic mass is 35.5. The molecule has 0 radical (unpaired) electrons. The Morgan fingerprint density at radius 2 is 1.79 bits per heavy atom. The smallest absolute Gasteiger partial charge is 0.0863 e. The van der Waals surface area contributed by atoms with Crippen molar-refractivity contribution < 1.29 is 0 Å². The maximum Gasteiger partial charge on any atom is 0.0863 e. The molecule has 1 aromatic carbocycles. The molecule has 2 heterocycles. The lowest BCUT2D eigenvalue weighted by Crippen LogP contribution is -1.95. The van der Waals surface area contributed by atoms with Gasteiger partial charge in [0.05, 0.1) is 16.9 Å². The number of nitrogens with zero attached hydrogens (tertiary/aromatic N) is 3. The summed E-state index contributed by atoms with van der Waals surface area (Å²) < 4.78 is 1.73. The maximum absolute atomic E-state index is 6.09. The summed E-state index contributed by atoms with van der Waals surface area (Å²) in [7, 11) is 0. The zero-order chi connectivity index (χ0) is 13.2. The molecular formula is C14H11ClN4. The van der Waals surface area contributed by atoms with Gasteiger partial charge in [0.25, 0.3) is 0 Å². The van der Waals surface area contributed by atoms with Gasteiger partial charge >= 0.3 is 0 Å². The first-order chi connectivity index (χ1) is 9.24. The van der Waals surface area contributed by atoms with Gasteiger partial charge in [-0.2, -0.15) is 5.10 Å².